The zero-order chi connectivity index (χ0) is 14.6. The van der Waals surface area contributed by atoms with Gasteiger partial charge in [-0.15, -0.1) is 0 Å². The molecule has 1 saturated carbocycles. The van der Waals surface area contributed by atoms with Crippen molar-refractivity contribution in [2.45, 2.75) is 51.0 Å². The Bertz CT molecular complexity index is 474. The molecule has 0 atom stereocenters. The van der Waals surface area contributed by atoms with Gasteiger partial charge in [0, 0.05) is 13.0 Å². The molecule has 0 unspecified atom stereocenters. The molecule has 2 nitrogen and oxygen atoms in total. The van der Waals surface area contributed by atoms with E-state index in [1.165, 1.54) is 6.42 Å². The lowest BCUT2D eigenvalue weighted by Gasteiger charge is -2.35. The van der Waals surface area contributed by atoms with E-state index in [1.807, 2.05) is 13.0 Å². The van der Waals surface area contributed by atoms with Gasteiger partial charge in [-0.3, -0.25) is 4.79 Å². The monoisotopic (exact) mass is 314 g/mol. The smallest absolute Gasteiger partial charge is 0.168 e. The van der Waals surface area contributed by atoms with Crippen molar-refractivity contribution in [3.8, 4) is 0 Å². The molecule has 0 aliphatic heterocycles. The number of carbonyl (C=O) groups is 1. The number of ether oxygens (including phenoxy) is 1. The third-order valence-electron chi connectivity index (χ3n) is 3.94. The van der Waals surface area contributed by atoms with E-state index in [-0.39, 0.29) is 5.78 Å². The fourth-order valence-corrected chi connectivity index (χ4v) is 3.22. The van der Waals surface area contributed by atoms with Gasteiger partial charge in [-0.1, -0.05) is 48.5 Å². The van der Waals surface area contributed by atoms with Crippen molar-refractivity contribution in [1.29, 1.82) is 0 Å². The second kappa shape index (κ2) is 6.93. The van der Waals surface area contributed by atoms with Crippen LogP contribution in [0.15, 0.2) is 18.2 Å². The van der Waals surface area contributed by atoms with Gasteiger partial charge in [-0.05, 0) is 37.5 Å². The van der Waals surface area contributed by atoms with Crippen LogP contribution in [-0.4, -0.2) is 18.0 Å². The summed E-state index contributed by atoms with van der Waals surface area (Å²) in [5.41, 5.74) is 0.313. The maximum absolute atomic E-state index is 12.7. The summed E-state index contributed by atoms with van der Waals surface area (Å²) in [6, 6.07) is 5.36. The van der Waals surface area contributed by atoms with Crippen LogP contribution in [-0.2, 0) is 16.0 Å². The fourth-order valence-electron chi connectivity index (χ4n) is 2.90. The first-order valence-corrected chi connectivity index (χ1v) is 7.94. The second-order valence-corrected chi connectivity index (χ2v) is 6.15. The average molecular weight is 315 g/mol. The maximum Gasteiger partial charge on any atom is 0.168 e. The molecule has 0 aromatic heterocycles. The Balaban J connectivity index is 2.13. The van der Waals surface area contributed by atoms with E-state index in [1.54, 1.807) is 12.1 Å². The molecule has 1 aliphatic carbocycles. The van der Waals surface area contributed by atoms with Crippen LogP contribution in [0.3, 0.4) is 0 Å². The lowest BCUT2D eigenvalue weighted by Crippen LogP contribution is -2.44. The Kier molecular flexibility index (Phi) is 5.48. The highest BCUT2D eigenvalue weighted by Gasteiger charge is 2.39. The van der Waals surface area contributed by atoms with E-state index in [2.05, 4.69) is 0 Å². The van der Waals surface area contributed by atoms with Gasteiger partial charge in [0.15, 0.2) is 5.78 Å². The van der Waals surface area contributed by atoms with E-state index in [0.29, 0.717) is 23.1 Å². The molecule has 1 aliphatic rings. The molecule has 1 fully saturated rings. The van der Waals surface area contributed by atoms with E-state index in [0.717, 1.165) is 31.2 Å². The first-order valence-electron chi connectivity index (χ1n) is 7.18. The van der Waals surface area contributed by atoms with E-state index >= 15 is 0 Å². The van der Waals surface area contributed by atoms with E-state index in [4.69, 9.17) is 27.9 Å². The summed E-state index contributed by atoms with van der Waals surface area (Å²) in [7, 11) is 0. The molecule has 0 saturated heterocycles. The molecule has 1 aromatic rings. The molecule has 0 heterocycles. The third-order valence-corrected chi connectivity index (χ3v) is 4.68. The SMILES string of the molecule is CCOC1(C(=O)Cc2ccc(Cl)c(Cl)c2)CCCCC1. The molecule has 2 rings (SSSR count). The minimum Gasteiger partial charge on any atom is -0.367 e. The molecule has 0 N–H and O–H groups in total. The van der Waals surface area contributed by atoms with Crippen LogP contribution in [0.1, 0.15) is 44.6 Å². The molecular weight excluding hydrogens is 295 g/mol. The van der Waals surface area contributed by atoms with Gasteiger partial charge in [0.25, 0.3) is 0 Å². The Morgan fingerprint density at radius 2 is 1.90 bits per heavy atom. The standard InChI is InChI=1S/C16H20Cl2O2/c1-2-20-16(8-4-3-5-9-16)15(19)11-12-6-7-13(17)14(18)10-12/h6-7,10H,2-5,8-9,11H2,1H3. The predicted octanol–water partition coefficient (Wildman–Crippen LogP) is 4.84. The highest BCUT2D eigenvalue weighted by molar-refractivity contribution is 6.42. The van der Waals surface area contributed by atoms with Crippen molar-refractivity contribution in [2.24, 2.45) is 0 Å². The molecule has 20 heavy (non-hydrogen) atoms. The molecule has 4 heteroatoms. The summed E-state index contributed by atoms with van der Waals surface area (Å²) < 4.78 is 5.85. The number of rotatable bonds is 5. The van der Waals surface area contributed by atoms with Gasteiger partial charge in [-0.2, -0.15) is 0 Å². The first kappa shape index (κ1) is 15.8. The van der Waals surface area contributed by atoms with E-state index in [9.17, 15) is 4.79 Å². The molecular formula is C16H20Cl2O2. The van der Waals surface area contributed by atoms with Crippen molar-refractivity contribution in [2.75, 3.05) is 6.61 Å². The normalized spacial score (nSPS) is 17.9. The Labute approximate surface area is 130 Å². The van der Waals surface area contributed by atoms with Crippen LogP contribution < -0.4 is 0 Å². The number of benzene rings is 1. The number of ketones is 1. The zero-order valence-electron chi connectivity index (χ0n) is 11.8. The molecule has 1 aromatic carbocycles. The lowest BCUT2D eigenvalue weighted by molar-refractivity contribution is -0.148. The number of hydrogen-bond acceptors (Lipinski definition) is 2. The third kappa shape index (κ3) is 3.55. The van der Waals surface area contributed by atoms with Crippen LogP contribution in [0.4, 0.5) is 0 Å². The van der Waals surface area contributed by atoms with Gasteiger partial charge in [0.05, 0.1) is 10.0 Å². The predicted molar refractivity (Wildman–Crippen MR) is 82.6 cm³/mol. The Morgan fingerprint density at radius 1 is 1.20 bits per heavy atom. The highest BCUT2D eigenvalue weighted by atomic mass is 35.5. The van der Waals surface area contributed by atoms with Gasteiger partial charge in [-0.25, -0.2) is 0 Å². The quantitative estimate of drug-likeness (QED) is 0.777. The molecule has 0 bridgehead atoms. The van der Waals surface area contributed by atoms with Crippen molar-refractivity contribution in [1.82, 2.24) is 0 Å². The van der Waals surface area contributed by atoms with Crippen molar-refractivity contribution >= 4 is 29.0 Å². The summed E-state index contributed by atoms with van der Waals surface area (Å²) >= 11 is 11.9. The first-order chi connectivity index (χ1) is 9.57. The van der Waals surface area contributed by atoms with E-state index < -0.39 is 5.60 Å². The molecule has 0 radical (unpaired) electrons. The topological polar surface area (TPSA) is 26.3 Å². The fraction of sp³-hybridized carbons (Fsp3) is 0.562. The summed E-state index contributed by atoms with van der Waals surface area (Å²) in [6.07, 6.45) is 5.34. The number of halogens is 2. The lowest BCUT2D eigenvalue weighted by atomic mass is 9.79. The van der Waals surface area contributed by atoms with Gasteiger partial charge in [0.1, 0.15) is 5.60 Å². The van der Waals surface area contributed by atoms with Gasteiger partial charge < -0.3 is 4.74 Å². The molecule has 0 amide bonds. The van der Waals surface area contributed by atoms with Crippen LogP contribution in [0.2, 0.25) is 10.0 Å². The summed E-state index contributed by atoms with van der Waals surface area (Å²) in [5.74, 6) is 0.164. The van der Waals surface area contributed by atoms with Crippen LogP contribution in [0.5, 0.6) is 0 Å². The maximum atomic E-state index is 12.7. The van der Waals surface area contributed by atoms with Crippen molar-refractivity contribution in [3.63, 3.8) is 0 Å². The average Bonchev–Trinajstić information content (AvgIpc) is 2.44. The largest absolute Gasteiger partial charge is 0.367 e. The number of Topliss-reactive ketones (excluding diaryl/α,β-unsaturated/α-hetero) is 1. The Hall–Kier alpha value is -0.570. The highest BCUT2D eigenvalue weighted by Crippen LogP contribution is 2.34. The molecule has 110 valence electrons. The summed E-state index contributed by atoms with van der Waals surface area (Å²) in [6.45, 7) is 2.52. The van der Waals surface area contributed by atoms with Crippen LogP contribution in [0.25, 0.3) is 0 Å². The van der Waals surface area contributed by atoms with Crippen molar-refractivity contribution in [3.05, 3.63) is 33.8 Å². The molecule has 0 spiro atoms. The minimum absolute atomic E-state index is 0.164. The Morgan fingerprint density at radius 3 is 2.50 bits per heavy atom. The zero-order valence-corrected chi connectivity index (χ0v) is 13.3. The van der Waals surface area contributed by atoms with Crippen LogP contribution in [0, 0.1) is 0 Å². The van der Waals surface area contributed by atoms with Crippen molar-refractivity contribution < 1.29 is 9.53 Å². The summed E-state index contributed by atoms with van der Waals surface area (Å²) in [4.78, 5) is 12.7. The minimum atomic E-state index is -0.584. The van der Waals surface area contributed by atoms with Gasteiger partial charge in [0.2, 0.25) is 0 Å². The van der Waals surface area contributed by atoms with Gasteiger partial charge >= 0.3 is 0 Å². The van der Waals surface area contributed by atoms with Crippen LogP contribution >= 0.6 is 23.2 Å². The number of carbonyl (C=O) groups excluding carboxylic acids is 1. The summed E-state index contributed by atoms with van der Waals surface area (Å²) in [5, 5.41) is 1.01. The number of hydrogen-bond donors (Lipinski definition) is 0. The second-order valence-electron chi connectivity index (χ2n) is 5.34.